The van der Waals surface area contributed by atoms with E-state index in [4.69, 9.17) is 10.3 Å². The minimum Gasteiger partial charge on any atom is -0.397 e. The second-order valence-corrected chi connectivity index (χ2v) is 5.25. The van der Waals surface area contributed by atoms with Crippen LogP contribution in [0.2, 0.25) is 0 Å². The van der Waals surface area contributed by atoms with Crippen molar-refractivity contribution in [3.8, 4) is 11.5 Å². The van der Waals surface area contributed by atoms with Gasteiger partial charge in [-0.1, -0.05) is 18.5 Å². The second kappa shape index (κ2) is 4.99. The molecule has 19 heavy (non-hydrogen) atoms. The van der Waals surface area contributed by atoms with E-state index in [2.05, 4.69) is 22.0 Å². The molecule has 0 bridgehead atoms. The zero-order valence-electron chi connectivity index (χ0n) is 11.0. The first-order valence-corrected chi connectivity index (χ1v) is 6.80. The van der Waals surface area contributed by atoms with E-state index in [1.165, 1.54) is 19.3 Å². The van der Waals surface area contributed by atoms with Crippen molar-refractivity contribution in [1.29, 1.82) is 0 Å². The molecule has 5 heteroatoms. The van der Waals surface area contributed by atoms with Gasteiger partial charge in [-0.2, -0.15) is 4.98 Å². The van der Waals surface area contributed by atoms with Crippen LogP contribution in [0.25, 0.3) is 11.5 Å². The summed E-state index contributed by atoms with van der Waals surface area (Å²) >= 11 is 0. The van der Waals surface area contributed by atoms with Crippen molar-refractivity contribution in [1.82, 2.24) is 15.1 Å². The molecule has 2 atom stereocenters. The molecule has 2 unspecified atom stereocenters. The summed E-state index contributed by atoms with van der Waals surface area (Å²) in [6, 6.07) is 1.80. The molecule has 1 saturated carbocycles. The zero-order valence-corrected chi connectivity index (χ0v) is 11.0. The fraction of sp³-hybridized carbons (Fsp3) is 0.500. The lowest BCUT2D eigenvalue weighted by molar-refractivity contribution is 0.413. The number of nitrogen functional groups attached to an aromatic ring is 1. The van der Waals surface area contributed by atoms with Gasteiger partial charge in [0.15, 0.2) is 5.82 Å². The maximum absolute atomic E-state index is 5.71. The molecular weight excluding hydrogens is 240 g/mol. The molecule has 1 aliphatic rings. The molecule has 0 amide bonds. The predicted molar refractivity (Wildman–Crippen MR) is 72.3 cm³/mol. The van der Waals surface area contributed by atoms with Crippen LogP contribution in [0, 0.1) is 5.92 Å². The van der Waals surface area contributed by atoms with Gasteiger partial charge in [-0.3, -0.25) is 4.98 Å². The Balaban J connectivity index is 1.80. The first kappa shape index (κ1) is 12.1. The summed E-state index contributed by atoms with van der Waals surface area (Å²) in [6.07, 6.45) is 8.13. The maximum Gasteiger partial charge on any atom is 0.259 e. The number of hydrogen-bond acceptors (Lipinski definition) is 5. The Bertz CT molecular complexity index is 566. The first-order chi connectivity index (χ1) is 9.26. The Hall–Kier alpha value is -1.91. The molecule has 2 N–H and O–H groups in total. The fourth-order valence-electron chi connectivity index (χ4n) is 2.77. The van der Waals surface area contributed by atoms with Crippen molar-refractivity contribution in [2.45, 2.75) is 38.5 Å². The van der Waals surface area contributed by atoms with Crippen molar-refractivity contribution in [2.24, 2.45) is 5.92 Å². The van der Waals surface area contributed by atoms with E-state index in [1.807, 2.05) is 0 Å². The molecule has 0 radical (unpaired) electrons. The largest absolute Gasteiger partial charge is 0.397 e. The number of rotatable bonds is 3. The molecule has 0 aromatic carbocycles. The van der Waals surface area contributed by atoms with Gasteiger partial charge in [0.1, 0.15) is 0 Å². The third-order valence-corrected chi connectivity index (χ3v) is 3.93. The van der Waals surface area contributed by atoms with Gasteiger partial charge in [-0.25, -0.2) is 0 Å². The van der Waals surface area contributed by atoms with Crippen LogP contribution in [-0.2, 0) is 0 Å². The highest BCUT2D eigenvalue weighted by Crippen LogP contribution is 2.38. The minimum atomic E-state index is 0.441. The van der Waals surface area contributed by atoms with Gasteiger partial charge in [0.25, 0.3) is 5.89 Å². The summed E-state index contributed by atoms with van der Waals surface area (Å²) in [6.45, 7) is 2.24. The van der Waals surface area contributed by atoms with Crippen LogP contribution in [0.4, 0.5) is 5.69 Å². The topological polar surface area (TPSA) is 77.8 Å². The van der Waals surface area contributed by atoms with Gasteiger partial charge in [-0.15, -0.1) is 0 Å². The van der Waals surface area contributed by atoms with E-state index in [0.29, 0.717) is 17.5 Å². The molecule has 2 aromatic heterocycles. The van der Waals surface area contributed by atoms with E-state index in [9.17, 15) is 0 Å². The van der Waals surface area contributed by atoms with E-state index in [1.54, 1.807) is 18.5 Å². The highest BCUT2D eigenvalue weighted by molar-refractivity contribution is 5.57. The van der Waals surface area contributed by atoms with Crippen molar-refractivity contribution in [3.05, 3.63) is 24.3 Å². The third kappa shape index (κ3) is 2.45. The number of hydrogen-bond donors (Lipinski definition) is 1. The van der Waals surface area contributed by atoms with Crippen molar-refractivity contribution >= 4 is 5.69 Å². The number of anilines is 1. The minimum absolute atomic E-state index is 0.441. The lowest BCUT2D eigenvalue weighted by atomic mass is 10.0. The monoisotopic (exact) mass is 258 g/mol. The number of nitrogens with zero attached hydrogens (tertiary/aromatic N) is 3. The van der Waals surface area contributed by atoms with Crippen LogP contribution in [0.5, 0.6) is 0 Å². The van der Waals surface area contributed by atoms with Crippen LogP contribution in [0.15, 0.2) is 23.0 Å². The number of nitrogens with two attached hydrogens (primary N) is 1. The summed E-state index contributed by atoms with van der Waals surface area (Å²) in [4.78, 5) is 8.54. The Labute approximate surface area is 112 Å². The molecular formula is C14H18N4O. The van der Waals surface area contributed by atoms with Gasteiger partial charge in [-0.05, 0) is 31.2 Å². The molecule has 0 aliphatic heterocycles. The SMILES string of the molecule is CCC1CCC(c2noc(-c3cncc(N)c3)n2)C1. The number of pyridine rings is 1. The smallest absolute Gasteiger partial charge is 0.259 e. The molecule has 1 fully saturated rings. The maximum atomic E-state index is 5.71. The molecule has 5 nitrogen and oxygen atoms in total. The average Bonchev–Trinajstić information content (AvgIpc) is 3.07. The normalized spacial score (nSPS) is 22.8. The standard InChI is InChI=1S/C14H18N4O/c1-2-9-3-4-10(5-9)13-17-14(19-18-13)11-6-12(15)8-16-7-11/h6-10H,2-5,15H2,1H3. The molecule has 0 saturated heterocycles. The highest BCUT2D eigenvalue weighted by Gasteiger charge is 2.28. The molecule has 2 heterocycles. The third-order valence-electron chi connectivity index (χ3n) is 3.93. The lowest BCUT2D eigenvalue weighted by Gasteiger charge is -2.04. The molecule has 100 valence electrons. The zero-order chi connectivity index (χ0) is 13.2. The van der Waals surface area contributed by atoms with E-state index < -0.39 is 0 Å². The van der Waals surface area contributed by atoms with Crippen molar-refractivity contribution in [3.63, 3.8) is 0 Å². The highest BCUT2D eigenvalue weighted by atomic mass is 16.5. The van der Waals surface area contributed by atoms with Crippen LogP contribution in [0.3, 0.4) is 0 Å². The molecule has 2 aromatic rings. The van der Waals surface area contributed by atoms with Gasteiger partial charge in [0, 0.05) is 18.3 Å². The van der Waals surface area contributed by atoms with Gasteiger partial charge in [0.05, 0.1) is 11.3 Å². The molecule has 3 rings (SSSR count). The molecule has 1 aliphatic carbocycles. The first-order valence-electron chi connectivity index (χ1n) is 6.80. The molecule has 0 spiro atoms. The van der Waals surface area contributed by atoms with Crippen LogP contribution in [0.1, 0.15) is 44.3 Å². The average molecular weight is 258 g/mol. The van der Waals surface area contributed by atoms with Gasteiger partial charge >= 0.3 is 0 Å². The van der Waals surface area contributed by atoms with E-state index in [-0.39, 0.29) is 0 Å². The lowest BCUT2D eigenvalue weighted by Crippen LogP contribution is -1.97. The Kier molecular flexibility index (Phi) is 3.19. The summed E-state index contributed by atoms with van der Waals surface area (Å²) in [7, 11) is 0. The summed E-state index contributed by atoms with van der Waals surface area (Å²) in [5, 5.41) is 4.12. The van der Waals surface area contributed by atoms with Gasteiger partial charge in [0.2, 0.25) is 0 Å². The summed E-state index contributed by atoms with van der Waals surface area (Å²) in [5.74, 6) is 2.58. The Morgan fingerprint density at radius 3 is 3.00 bits per heavy atom. The van der Waals surface area contributed by atoms with E-state index in [0.717, 1.165) is 23.7 Å². The van der Waals surface area contributed by atoms with Crippen molar-refractivity contribution in [2.75, 3.05) is 5.73 Å². The van der Waals surface area contributed by atoms with Crippen molar-refractivity contribution < 1.29 is 4.52 Å². The fourth-order valence-corrected chi connectivity index (χ4v) is 2.77. The van der Waals surface area contributed by atoms with Crippen LogP contribution >= 0.6 is 0 Å². The predicted octanol–water partition coefficient (Wildman–Crippen LogP) is 3.01. The summed E-state index contributed by atoms with van der Waals surface area (Å²) < 4.78 is 5.33. The Morgan fingerprint density at radius 2 is 2.26 bits per heavy atom. The van der Waals surface area contributed by atoms with E-state index >= 15 is 0 Å². The van der Waals surface area contributed by atoms with Gasteiger partial charge < -0.3 is 10.3 Å². The quantitative estimate of drug-likeness (QED) is 0.915. The number of aromatic nitrogens is 3. The van der Waals surface area contributed by atoms with Crippen LogP contribution < -0.4 is 5.73 Å². The summed E-state index contributed by atoms with van der Waals surface area (Å²) in [5.41, 5.74) is 7.09. The Morgan fingerprint density at radius 1 is 1.37 bits per heavy atom. The second-order valence-electron chi connectivity index (χ2n) is 5.25. The van der Waals surface area contributed by atoms with Crippen LogP contribution in [-0.4, -0.2) is 15.1 Å².